The predicted molar refractivity (Wildman–Crippen MR) is 96.6 cm³/mol. The molecule has 0 aliphatic heterocycles. The minimum Gasteiger partial charge on any atom is -0.301 e. The smallest absolute Gasteiger partial charge is 0.243 e. The first-order valence-corrected chi connectivity index (χ1v) is 9.11. The molecule has 2 rings (SSSR count). The summed E-state index contributed by atoms with van der Waals surface area (Å²) in [6.45, 7) is 0. The highest BCUT2D eigenvalue weighted by molar-refractivity contribution is 7.18. The topological polar surface area (TPSA) is 104 Å². The molecule has 2 aromatic rings. The molecule has 0 saturated heterocycles. The SMILES string of the molecule is O=C(CCCCCCC(=O)Nc1nnc(-c2ccccc2Cl)s1)NO. The number of anilines is 1. The van der Waals surface area contributed by atoms with Gasteiger partial charge in [0.2, 0.25) is 16.9 Å². The lowest BCUT2D eigenvalue weighted by atomic mass is 10.1. The highest BCUT2D eigenvalue weighted by atomic mass is 35.5. The van der Waals surface area contributed by atoms with Crippen molar-refractivity contribution in [2.24, 2.45) is 0 Å². The van der Waals surface area contributed by atoms with Gasteiger partial charge >= 0.3 is 0 Å². The fraction of sp³-hybridized carbons (Fsp3) is 0.375. The van der Waals surface area contributed by atoms with Gasteiger partial charge in [0.05, 0.1) is 5.02 Å². The van der Waals surface area contributed by atoms with Crippen molar-refractivity contribution in [1.29, 1.82) is 0 Å². The summed E-state index contributed by atoms with van der Waals surface area (Å²) in [5, 5.41) is 20.8. The molecule has 134 valence electrons. The molecule has 1 heterocycles. The molecule has 0 unspecified atom stereocenters. The first-order valence-electron chi connectivity index (χ1n) is 7.91. The summed E-state index contributed by atoms with van der Waals surface area (Å²) in [6.07, 6.45) is 3.75. The Bertz CT molecular complexity index is 723. The van der Waals surface area contributed by atoms with Gasteiger partial charge in [-0.3, -0.25) is 14.8 Å². The van der Waals surface area contributed by atoms with Crippen LogP contribution in [-0.4, -0.2) is 27.2 Å². The van der Waals surface area contributed by atoms with Crippen LogP contribution in [0.25, 0.3) is 10.6 Å². The molecule has 9 heteroatoms. The summed E-state index contributed by atoms with van der Waals surface area (Å²) in [4.78, 5) is 22.8. The molecular weight excluding hydrogens is 364 g/mol. The fourth-order valence-electron chi connectivity index (χ4n) is 2.18. The lowest BCUT2D eigenvalue weighted by Crippen LogP contribution is -2.17. The number of hydrogen-bond acceptors (Lipinski definition) is 6. The lowest BCUT2D eigenvalue weighted by Gasteiger charge is -2.02. The summed E-state index contributed by atoms with van der Waals surface area (Å²) in [7, 11) is 0. The van der Waals surface area contributed by atoms with Crippen LogP contribution in [0.2, 0.25) is 5.02 Å². The van der Waals surface area contributed by atoms with Crippen LogP contribution in [-0.2, 0) is 9.59 Å². The molecule has 3 N–H and O–H groups in total. The van der Waals surface area contributed by atoms with Crippen molar-refractivity contribution < 1.29 is 14.8 Å². The maximum atomic E-state index is 11.9. The Morgan fingerprint density at radius 1 is 1.04 bits per heavy atom. The molecule has 7 nitrogen and oxygen atoms in total. The van der Waals surface area contributed by atoms with Crippen LogP contribution >= 0.6 is 22.9 Å². The second-order valence-electron chi connectivity index (χ2n) is 5.39. The number of unbranched alkanes of at least 4 members (excludes halogenated alkanes) is 3. The molecule has 0 radical (unpaired) electrons. The highest BCUT2D eigenvalue weighted by Gasteiger charge is 2.11. The van der Waals surface area contributed by atoms with Crippen molar-refractivity contribution in [3.63, 3.8) is 0 Å². The van der Waals surface area contributed by atoms with Gasteiger partial charge < -0.3 is 5.32 Å². The van der Waals surface area contributed by atoms with Gasteiger partial charge in [-0.2, -0.15) is 0 Å². The maximum Gasteiger partial charge on any atom is 0.243 e. The zero-order chi connectivity index (χ0) is 18.1. The molecule has 0 atom stereocenters. The first-order chi connectivity index (χ1) is 12.1. The van der Waals surface area contributed by atoms with E-state index in [4.69, 9.17) is 16.8 Å². The van der Waals surface area contributed by atoms with Crippen LogP contribution in [0.1, 0.15) is 38.5 Å². The van der Waals surface area contributed by atoms with Crippen molar-refractivity contribution in [2.45, 2.75) is 38.5 Å². The number of rotatable bonds is 9. The molecule has 0 spiro atoms. The van der Waals surface area contributed by atoms with Crippen LogP contribution in [0.3, 0.4) is 0 Å². The van der Waals surface area contributed by atoms with Gasteiger partial charge in [0.1, 0.15) is 0 Å². The van der Waals surface area contributed by atoms with E-state index in [1.807, 2.05) is 18.2 Å². The summed E-state index contributed by atoms with van der Waals surface area (Å²) >= 11 is 7.40. The van der Waals surface area contributed by atoms with Crippen LogP contribution in [0.4, 0.5) is 5.13 Å². The van der Waals surface area contributed by atoms with Crippen molar-refractivity contribution >= 4 is 39.9 Å². The average molecular weight is 383 g/mol. The Hall–Kier alpha value is -2.03. The van der Waals surface area contributed by atoms with Crippen molar-refractivity contribution in [3.05, 3.63) is 29.3 Å². The van der Waals surface area contributed by atoms with Crippen LogP contribution < -0.4 is 10.8 Å². The second kappa shape index (κ2) is 10.1. The van der Waals surface area contributed by atoms with Crippen LogP contribution in [0.15, 0.2) is 24.3 Å². The Labute approximate surface area is 154 Å². The quantitative estimate of drug-likeness (QED) is 0.349. The monoisotopic (exact) mass is 382 g/mol. The molecule has 1 aromatic carbocycles. The average Bonchev–Trinajstić information content (AvgIpc) is 3.06. The third-order valence-electron chi connectivity index (χ3n) is 3.46. The first kappa shape index (κ1) is 19.3. The van der Waals surface area contributed by atoms with Gasteiger partial charge in [0.15, 0.2) is 5.01 Å². The number of carbonyl (C=O) groups excluding carboxylic acids is 2. The molecule has 0 fully saturated rings. The summed E-state index contributed by atoms with van der Waals surface area (Å²) in [5.41, 5.74) is 2.38. The van der Waals surface area contributed by atoms with E-state index in [1.165, 1.54) is 11.3 Å². The number of carbonyl (C=O) groups is 2. The van der Waals surface area contributed by atoms with E-state index < -0.39 is 0 Å². The number of hydroxylamine groups is 1. The zero-order valence-electron chi connectivity index (χ0n) is 13.5. The number of amides is 2. The Morgan fingerprint density at radius 2 is 1.72 bits per heavy atom. The van der Waals surface area contributed by atoms with E-state index in [9.17, 15) is 9.59 Å². The molecule has 0 saturated carbocycles. The Morgan fingerprint density at radius 3 is 2.40 bits per heavy atom. The summed E-state index contributed by atoms with van der Waals surface area (Å²) < 4.78 is 0. The van der Waals surface area contributed by atoms with E-state index in [0.717, 1.165) is 24.8 Å². The van der Waals surface area contributed by atoms with E-state index in [1.54, 1.807) is 11.5 Å². The number of nitrogens with zero attached hydrogens (tertiary/aromatic N) is 2. The molecule has 1 aromatic heterocycles. The third-order valence-corrected chi connectivity index (χ3v) is 4.66. The maximum absolute atomic E-state index is 11.9. The number of aromatic nitrogens is 2. The van der Waals surface area contributed by atoms with Crippen LogP contribution in [0, 0.1) is 0 Å². The number of halogens is 1. The van der Waals surface area contributed by atoms with E-state index in [-0.39, 0.29) is 18.2 Å². The molecule has 25 heavy (non-hydrogen) atoms. The second-order valence-corrected chi connectivity index (χ2v) is 6.77. The van der Waals surface area contributed by atoms with E-state index in [0.29, 0.717) is 28.0 Å². The van der Waals surface area contributed by atoms with Gasteiger partial charge in [-0.1, -0.05) is 54.0 Å². The zero-order valence-corrected chi connectivity index (χ0v) is 15.1. The molecule has 0 aliphatic carbocycles. The Balaban J connectivity index is 1.71. The Kier molecular flexibility index (Phi) is 7.77. The highest BCUT2D eigenvalue weighted by Crippen LogP contribution is 2.31. The van der Waals surface area contributed by atoms with E-state index in [2.05, 4.69) is 15.5 Å². The number of nitrogens with one attached hydrogen (secondary N) is 2. The van der Waals surface area contributed by atoms with Gasteiger partial charge in [0.25, 0.3) is 0 Å². The number of hydrogen-bond donors (Lipinski definition) is 3. The van der Waals surface area contributed by atoms with Gasteiger partial charge in [-0.05, 0) is 18.9 Å². The predicted octanol–water partition coefficient (Wildman–Crippen LogP) is 3.64. The largest absolute Gasteiger partial charge is 0.301 e. The van der Waals surface area contributed by atoms with E-state index >= 15 is 0 Å². The molecular formula is C16H19ClN4O3S. The lowest BCUT2D eigenvalue weighted by molar-refractivity contribution is -0.129. The summed E-state index contributed by atoms with van der Waals surface area (Å²) in [6, 6.07) is 7.34. The van der Waals surface area contributed by atoms with Crippen molar-refractivity contribution in [3.8, 4) is 10.6 Å². The fourth-order valence-corrected chi connectivity index (χ4v) is 3.26. The molecule has 0 bridgehead atoms. The summed E-state index contributed by atoms with van der Waals surface area (Å²) in [5.74, 6) is -0.502. The normalized spacial score (nSPS) is 10.5. The van der Waals surface area contributed by atoms with Crippen molar-refractivity contribution in [1.82, 2.24) is 15.7 Å². The minimum absolute atomic E-state index is 0.116. The third kappa shape index (κ3) is 6.41. The molecule has 2 amide bonds. The van der Waals surface area contributed by atoms with Gasteiger partial charge in [-0.15, -0.1) is 10.2 Å². The van der Waals surface area contributed by atoms with Crippen molar-refractivity contribution in [2.75, 3.05) is 5.32 Å². The number of benzene rings is 1. The minimum atomic E-state index is -0.386. The van der Waals surface area contributed by atoms with Crippen LogP contribution in [0.5, 0.6) is 0 Å². The van der Waals surface area contributed by atoms with Gasteiger partial charge in [-0.25, -0.2) is 5.48 Å². The standard InChI is InChI=1S/C16H19ClN4O3S/c17-12-8-6-5-7-11(12)15-19-20-16(25-15)18-13(22)9-3-1-2-4-10-14(23)21-24/h5-8,24H,1-4,9-10H2,(H,21,23)(H,18,20,22). The molecule has 0 aliphatic rings. The van der Waals surface area contributed by atoms with Gasteiger partial charge in [0, 0.05) is 18.4 Å².